The second-order valence-electron chi connectivity index (χ2n) is 7.97. The summed E-state index contributed by atoms with van der Waals surface area (Å²) in [6.07, 6.45) is 16.8. The third kappa shape index (κ3) is 11.8. The van der Waals surface area contributed by atoms with Crippen molar-refractivity contribution in [2.24, 2.45) is 4.99 Å². The van der Waals surface area contributed by atoms with Crippen molar-refractivity contribution in [3.63, 3.8) is 0 Å². The first-order chi connectivity index (χ1) is 16.7. The number of hydrogen-bond donors (Lipinski definition) is 2. The van der Waals surface area contributed by atoms with Gasteiger partial charge >= 0.3 is 0 Å². The molecule has 182 valence electrons. The molecule has 1 aromatic heterocycles. The molecular weight excluding hydrogens is 432 g/mol. The predicted molar refractivity (Wildman–Crippen MR) is 134 cm³/mol. The Kier molecular flexibility index (Phi) is 13.2. The number of pyridine rings is 1. The van der Waals surface area contributed by atoms with Crippen LogP contribution < -0.4 is 15.4 Å². The van der Waals surface area contributed by atoms with Gasteiger partial charge in [-0.15, -0.1) is 0 Å². The van der Waals surface area contributed by atoms with Crippen LogP contribution in [0.15, 0.2) is 53.8 Å². The average molecular weight is 467 g/mol. The molecule has 0 spiro atoms. The molecule has 2 rings (SSSR count). The maximum Gasteiger partial charge on any atom is 0.273 e. The second kappa shape index (κ2) is 16.9. The van der Waals surface area contributed by atoms with Crippen molar-refractivity contribution in [3.05, 3.63) is 58.9 Å². The molecule has 9 heteroatoms. The van der Waals surface area contributed by atoms with Crippen LogP contribution in [0.4, 0.5) is 11.4 Å². The number of aliphatic imine (C=N–C) groups is 1. The minimum Gasteiger partial charge on any atom is -0.493 e. The summed E-state index contributed by atoms with van der Waals surface area (Å²) >= 11 is 0. The first kappa shape index (κ1) is 26.6. The molecule has 0 saturated heterocycles. The third-order valence-corrected chi connectivity index (χ3v) is 5.24. The Morgan fingerprint density at radius 1 is 1.00 bits per heavy atom. The first-order valence-corrected chi connectivity index (χ1v) is 11.9. The summed E-state index contributed by atoms with van der Waals surface area (Å²) < 4.78 is 5.61. The van der Waals surface area contributed by atoms with Gasteiger partial charge < -0.3 is 10.1 Å². The van der Waals surface area contributed by atoms with Crippen molar-refractivity contribution in [2.45, 2.75) is 64.2 Å². The zero-order valence-electron chi connectivity index (χ0n) is 19.6. The van der Waals surface area contributed by atoms with Gasteiger partial charge in [-0.1, -0.05) is 57.4 Å². The van der Waals surface area contributed by atoms with Crippen LogP contribution in [0.5, 0.6) is 5.75 Å². The average Bonchev–Trinajstić information content (AvgIpc) is 2.85. The Labute approximate surface area is 201 Å². The van der Waals surface area contributed by atoms with Crippen LogP contribution in [0.3, 0.4) is 0 Å². The molecule has 0 unspecified atom stereocenters. The Balaban J connectivity index is 1.42. The van der Waals surface area contributed by atoms with Crippen molar-refractivity contribution >= 4 is 17.3 Å². The maximum absolute atomic E-state index is 10.8. The zero-order valence-corrected chi connectivity index (χ0v) is 19.6. The molecule has 34 heavy (non-hydrogen) atoms. The molecule has 0 amide bonds. The quantitative estimate of drug-likeness (QED) is 0.0608. The van der Waals surface area contributed by atoms with E-state index in [4.69, 9.17) is 10.00 Å². The Morgan fingerprint density at radius 3 is 2.29 bits per heavy atom. The second-order valence-corrected chi connectivity index (χ2v) is 7.97. The fraction of sp³-hybridized carbons (Fsp3) is 0.480. The minimum atomic E-state index is -0.409. The summed E-state index contributed by atoms with van der Waals surface area (Å²) in [6, 6.07) is 9.97. The number of rotatable bonds is 16. The van der Waals surface area contributed by atoms with Gasteiger partial charge in [0.1, 0.15) is 5.75 Å². The lowest BCUT2D eigenvalue weighted by molar-refractivity contribution is -0.384. The van der Waals surface area contributed by atoms with E-state index in [9.17, 15) is 10.1 Å². The molecule has 1 heterocycles. The van der Waals surface area contributed by atoms with E-state index < -0.39 is 4.92 Å². The van der Waals surface area contributed by atoms with E-state index >= 15 is 0 Å². The van der Waals surface area contributed by atoms with Gasteiger partial charge in [-0.3, -0.25) is 25.4 Å². The number of nitriles is 1. The van der Waals surface area contributed by atoms with E-state index in [0.717, 1.165) is 31.4 Å². The summed E-state index contributed by atoms with van der Waals surface area (Å²) in [6.45, 7) is 1.27. The number of anilines is 1. The van der Waals surface area contributed by atoms with Crippen LogP contribution in [0.2, 0.25) is 0 Å². The molecular formula is C25H34N6O3. The summed E-state index contributed by atoms with van der Waals surface area (Å²) in [7, 11) is 0. The number of nitro groups is 1. The first-order valence-electron chi connectivity index (χ1n) is 11.9. The molecule has 9 nitrogen and oxygen atoms in total. The topological polar surface area (TPSA) is 125 Å². The summed E-state index contributed by atoms with van der Waals surface area (Å²) in [5.74, 6) is 1.02. The molecule has 0 atom stereocenters. The number of hydrogen-bond acceptors (Lipinski definition) is 6. The van der Waals surface area contributed by atoms with Crippen LogP contribution in [0.1, 0.15) is 64.2 Å². The number of benzene rings is 1. The Hall–Kier alpha value is -3.67. The highest BCUT2D eigenvalue weighted by molar-refractivity contribution is 5.94. The number of unbranched alkanes of at least 4 members (excludes halogenated alkanes) is 9. The van der Waals surface area contributed by atoms with E-state index in [1.54, 1.807) is 24.5 Å². The fourth-order valence-corrected chi connectivity index (χ4v) is 3.43. The highest BCUT2D eigenvalue weighted by atomic mass is 16.6. The van der Waals surface area contributed by atoms with Crippen LogP contribution in [0.25, 0.3) is 0 Å². The maximum atomic E-state index is 10.8. The summed E-state index contributed by atoms with van der Waals surface area (Å²) in [5.41, 5.74) is 0.899. The number of aromatic nitrogens is 1. The number of nitrogens with one attached hydrogen (secondary N) is 2. The third-order valence-electron chi connectivity index (χ3n) is 5.24. The van der Waals surface area contributed by atoms with Gasteiger partial charge in [-0.05, 0) is 31.0 Å². The number of nitrogens with zero attached hydrogens (tertiary/aromatic N) is 4. The summed E-state index contributed by atoms with van der Waals surface area (Å²) in [4.78, 5) is 18.8. The Bertz CT molecular complexity index is 914. The van der Waals surface area contributed by atoms with Gasteiger partial charge in [0.15, 0.2) is 6.19 Å². The van der Waals surface area contributed by atoms with E-state index in [1.807, 2.05) is 18.3 Å². The summed E-state index contributed by atoms with van der Waals surface area (Å²) in [5, 5.41) is 25.3. The lowest BCUT2D eigenvalue weighted by atomic mass is 10.1. The molecule has 0 aliphatic heterocycles. The van der Waals surface area contributed by atoms with Gasteiger partial charge in [0.25, 0.3) is 5.69 Å². The van der Waals surface area contributed by atoms with Crippen LogP contribution in [-0.4, -0.2) is 29.0 Å². The lowest BCUT2D eigenvalue weighted by Crippen LogP contribution is -2.27. The molecule has 0 aliphatic carbocycles. The monoisotopic (exact) mass is 466 g/mol. The molecule has 1 aromatic carbocycles. The number of nitro benzene ring substituents is 1. The van der Waals surface area contributed by atoms with Crippen molar-refractivity contribution < 1.29 is 9.66 Å². The number of ether oxygens (including phenoxy) is 1. The highest BCUT2D eigenvalue weighted by Crippen LogP contribution is 2.19. The minimum absolute atomic E-state index is 0.0593. The van der Waals surface area contributed by atoms with Crippen LogP contribution in [-0.2, 0) is 0 Å². The lowest BCUT2D eigenvalue weighted by Gasteiger charge is -2.07. The normalized spacial score (nSPS) is 11.0. The van der Waals surface area contributed by atoms with Gasteiger partial charge in [-0.25, -0.2) is 0 Å². The van der Waals surface area contributed by atoms with Gasteiger partial charge in [0.05, 0.1) is 17.6 Å². The molecule has 0 radical (unpaired) electrons. The zero-order chi connectivity index (χ0) is 24.3. The molecule has 2 N–H and O–H groups in total. The smallest absolute Gasteiger partial charge is 0.273 e. The largest absolute Gasteiger partial charge is 0.493 e. The number of non-ortho nitro benzene ring substituents is 1. The van der Waals surface area contributed by atoms with E-state index in [1.165, 1.54) is 50.7 Å². The molecule has 2 aromatic rings. The standard InChI is InChI=1S/C25H34N6O3/c26-21-29-25(30-22-14-17-27-18-15-22)28-16-9-7-5-3-1-2-4-6-8-10-19-34-24-13-11-12-23(20-24)31(32)33/h11-15,17-18,20H,1-10,16,19H2,(H2,27,28,29,30). The predicted octanol–water partition coefficient (Wildman–Crippen LogP) is 5.81. The molecule has 0 saturated carbocycles. The highest BCUT2D eigenvalue weighted by Gasteiger charge is 2.06. The van der Waals surface area contributed by atoms with Crippen LogP contribution >= 0.6 is 0 Å². The fourth-order valence-electron chi connectivity index (χ4n) is 3.43. The molecule has 0 fully saturated rings. The van der Waals surface area contributed by atoms with E-state index in [2.05, 4.69) is 20.6 Å². The molecule has 0 bridgehead atoms. The molecule has 0 aliphatic rings. The van der Waals surface area contributed by atoms with Gasteiger partial charge in [-0.2, -0.15) is 5.26 Å². The van der Waals surface area contributed by atoms with Crippen molar-refractivity contribution in [1.82, 2.24) is 10.3 Å². The SMILES string of the molecule is N#CNC(=NCCCCCCCCCCCCOc1cccc([N+](=O)[O-])c1)Nc1ccncc1. The van der Waals surface area contributed by atoms with E-state index in [-0.39, 0.29) is 5.69 Å². The van der Waals surface area contributed by atoms with E-state index in [0.29, 0.717) is 24.9 Å². The van der Waals surface area contributed by atoms with Crippen LogP contribution in [0, 0.1) is 21.6 Å². The number of guanidine groups is 1. The van der Waals surface area contributed by atoms with Crippen molar-refractivity contribution in [3.8, 4) is 11.9 Å². The van der Waals surface area contributed by atoms with Crippen molar-refractivity contribution in [2.75, 3.05) is 18.5 Å². The van der Waals surface area contributed by atoms with Gasteiger partial charge in [0, 0.05) is 30.7 Å². The van der Waals surface area contributed by atoms with Crippen molar-refractivity contribution in [1.29, 1.82) is 5.26 Å². The van der Waals surface area contributed by atoms with Gasteiger partial charge in [0.2, 0.25) is 5.96 Å². The Morgan fingerprint density at radius 2 is 1.65 bits per heavy atom.